The minimum Gasteiger partial charge on any atom is -0.352 e. The number of rotatable bonds is 7. The smallest absolute Gasteiger partial charge is 0.251 e. The summed E-state index contributed by atoms with van der Waals surface area (Å²) in [6, 6.07) is 12.8. The van der Waals surface area contributed by atoms with E-state index in [1.807, 2.05) is 44.2 Å². The van der Waals surface area contributed by atoms with Gasteiger partial charge < -0.3 is 16.0 Å². The normalized spacial score (nSPS) is 10.5. The Hall–Kier alpha value is -3.55. The van der Waals surface area contributed by atoms with Crippen LogP contribution in [0, 0.1) is 25.5 Å². The maximum absolute atomic E-state index is 13.2. The number of nitrogens with zero attached hydrogens (tertiary/aromatic N) is 2. The maximum Gasteiger partial charge on any atom is 0.251 e. The van der Waals surface area contributed by atoms with Crippen LogP contribution in [0.1, 0.15) is 21.6 Å². The Balaban J connectivity index is 1.53. The van der Waals surface area contributed by atoms with Gasteiger partial charge in [0.25, 0.3) is 5.91 Å². The first-order valence-corrected chi connectivity index (χ1v) is 9.07. The molecular weight excluding hydrogens is 376 g/mol. The Morgan fingerprint density at radius 3 is 2.41 bits per heavy atom. The van der Waals surface area contributed by atoms with E-state index in [9.17, 15) is 13.6 Å². The molecule has 0 aliphatic carbocycles. The van der Waals surface area contributed by atoms with E-state index in [0.717, 1.165) is 23.5 Å². The molecule has 1 heterocycles. The first kappa shape index (κ1) is 20.2. The van der Waals surface area contributed by atoms with Gasteiger partial charge >= 0.3 is 0 Å². The second-order valence-electron chi connectivity index (χ2n) is 6.52. The van der Waals surface area contributed by atoms with Crippen molar-refractivity contribution in [3.8, 4) is 0 Å². The third kappa shape index (κ3) is 5.71. The van der Waals surface area contributed by atoms with Crippen LogP contribution in [0.2, 0.25) is 0 Å². The summed E-state index contributed by atoms with van der Waals surface area (Å²) in [4.78, 5) is 20.7. The van der Waals surface area contributed by atoms with Crippen LogP contribution >= 0.6 is 0 Å². The molecule has 150 valence electrons. The number of aromatic nitrogens is 2. The summed E-state index contributed by atoms with van der Waals surface area (Å²) in [5.74, 6) is -1.47. The van der Waals surface area contributed by atoms with Crippen molar-refractivity contribution in [3.05, 3.63) is 77.0 Å². The molecule has 8 heteroatoms. The first-order chi connectivity index (χ1) is 13.9. The largest absolute Gasteiger partial charge is 0.352 e. The predicted molar refractivity (Wildman–Crippen MR) is 108 cm³/mol. The van der Waals surface area contributed by atoms with Gasteiger partial charge in [0.05, 0.1) is 0 Å². The third-order valence-corrected chi connectivity index (χ3v) is 4.05. The molecule has 0 saturated heterocycles. The second-order valence-corrected chi connectivity index (χ2v) is 6.52. The Morgan fingerprint density at radius 1 is 0.931 bits per heavy atom. The number of benzene rings is 2. The van der Waals surface area contributed by atoms with Crippen LogP contribution in [0.25, 0.3) is 0 Å². The van der Waals surface area contributed by atoms with Gasteiger partial charge in [-0.25, -0.2) is 13.8 Å². The number of nitrogens with one attached hydrogen (secondary N) is 3. The van der Waals surface area contributed by atoms with E-state index >= 15 is 0 Å². The fraction of sp³-hybridized carbons (Fsp3) is 0.190. The number of amides is 1. The quantitative estimate of drug-likeness (QED) is 0.526. The lowest BCUT2D eigenvalue weighted by Crippen LogP contribution is -2.29. The molecular formula is C21H21F2N5O. The van der Waals surface area contributed by atoms with Crippen LogP contribution in [-0.2, 0) is 0 Å². The van der Waals surface area contributed by atoms with Crippen molar-refractivity contribution in [1.29, 1.82) is 0 Å². The van der Waals surface area contributed by atoms with E-state index in [0.29, 0.717) is 18.3 Å². The van der Waals surface area contributed by atoms with E-state index in [2.05, 4.69) is 25.9 Å². The monoisotopic (exact) mass is 397 g/mol. The molecule has 0 aliphatic heterocycles. The molecule has 0 radical (unpaired) electrons. The zero-order valence-corrected chi connectivity index (χ0v) is 16.1. The number of hydrogen-bond donors (Lipinski definition) is 3. The molecule has 1 aromatic heterocycles. The van der Waals surface area contributed by atoms with E-state index in [-0.39, 0.29) is 12.1 Å². The molecule has 0 aliphatic rings. The summed E-state index contributed by atoms with van der Waals surface area (Å²) >= 11 is 0. The predicted octanol–water partition coefficient (Wildman–Crippen LogP) is 3.96. The van der Waals surface area contributed by atoms with Crippen LogP contribution in [0.5, 0.6) is 0 Å². The van der Waals surface area contributed by atoms with Gasteiger partial charge in [-0.2, -0.15) is 4.98 Å². The summed E-state index contributed by atoms with van der Waals surface area (Å²) in [7, 11) is 0. The Kier molecular flexibility index (Phi) is 6.33. The molecule has 0 bridgehead atoms. The zero-order valence-electron chi connectivity index (χ0n) is 16.1. The van der Waals surface area contributed by atoms with E-state index in [1.54, 1.807) is 0 Å². The first-order valence-electron chi connectivity index (χ1n) is 9.07. The number of hydrogen-bond acceptors (Lipinski definition) is 5. The van der Waals surface area contributed by atoms with Crippen LogP contribution in [0.3, 0.4) is 0 Å². The number of anilines is 3. The lowest BCUT2D eigenvalue weighted by atomic mass is 10.2. The van der Waals surface area contributed by atoms with Crippen molar-refractivity contribution < 1.29 is 13.6 Å². The van der Waals surface area contributed by atoms with Gasteiger partial charge in [0.1, 0.15) is 5.82 Å². The van der Waals surface area contributed by atoms with Crippen molar-refractivity contribution in [1.82, 2.24) is 15.3 Å². The molecule has 3 N–H and O–H groups in total. The summed E-state index contributed by atoms with van der Waals surface area (Å²) < 4.78 is 26.2. The SMILES string of the molecule is Cc1ccc(Nc2cc(C)nc(NCCNC(=O)c3ccc(F)c(F)c3)n2)cc1. The summed E-state index contributed by atoms with van der Waals surface area (Å²) in [6.07, 6.45) is 0. The van der Waals surface area contributed by atoms with Gasteiger partial charge in [-0.15, -0.1) is 0 Å². The molecule has 0 atom stereocenters. The molecule has 1 amide bonds. The second kappa shape index (κ2) is 9.09. The summed E-state index contributed by atoms with van der Waals surface area (Å²) in [5, 5.41) is 8.89. The topological polar surface area (TPSA) is 78.9 Å². The molecule has 0 saturated carbocycles. The Labute approximate surface area is 167 Å². The van der Waals surface area contributed by atoms with Gasteiger partial charge in [-0.05, 0) is 44.2 Å². The number of aryl methyl sites for hydroxylation is 2. The molecule has 0 spiro atoms. The van der Waals surface area contributed by atoms with Crippen LogP contribution in [-0.4, -0.2) is 29.0 Å². The molecule has 0 fully saturated rings. The maximum atomic E-state index is 13.2. The molecule has 2 aromatic carbocycles. The minimum atomic E-state index is -1.06. The van der Waals surface area contributed by atoms with Gasteiger partial charge in [0, 0.05) is 36.1 Å². The van der Waals surface area contributed by atoms with Gasteiger partial charge in [0.2, 0.25) is 5.95 Å². The van der Waals surface area contributed by atoms with Crippen LogP contribution in [0.15, 0.2) is 48.5 Å². The standard InChI is InChI=1S/C21H21F2N5O/c1-13-3-6-16(7-4-13)27-19-11-14(2)26-21(28-19)25-10-9-24-20(29)15-5-8-17(22)18(23)12-15/h3-8,11-12H,9-10H2,1-2H3,(H,24,29)(H2,25,26,27,28). The Morgan fingerprint density at radius 2 is 1.69 bits per heavy atom. The highest BCUT2D eigenvalue weighted by molar-refractivity contribution is 5.94. The van der Waals surface area contributed by atoms with Crippen LogP contribution in [0.4, 0.5) is 26.2 Å². The third-order valence-electron chi connectivity index (χ3n) is 4.05. The molecule has 6 nitrogen and oxygen atoms in total. The highest BCUT2D eigenvalue weighted by Crippen LogP contribution is 2.17. The number of halogens is 2. The fourth-order valence-electron chi connectivity index (χ4n) is 2.59. The fourth-order valence-corrected chi connectivity index (χ4v) is 2.59. The number of carbonyl (C=O) groups is 1. The van der Waals surface area contributed by atoms with Gasteiger partial charge in [-0.3, -0.25) is 4.79 Å². The molecule has 29 heavy (non-hydrogen) atoms. The van der Waals surface area contributed by atoms with Crippen LogP contribution < -0.4 is 16.0 Å². The Bertz CT molecular complexity index is 1010. The van der Waals surface area contributed by atoms with Crippen molar-refractivity contribution in [2.75, 3.05) is 23.7 Å². The number of carbonyl (C=O) groups excluding carboxylic acids is 1. The van der Waals surface area contributed by atoms with Crippen molar-refractivity contribution in [3.63, 3.8) is 0 Å². The molecule has 3 aromatic rings. The highest BCUT2D eigenvalue weighted by Gasteiger charge is 2.09. The molecule has 3 rings (SSSR count). The molecule has 0 unspecified atom stereocenters. The van der Waals surface area contributed by atoms with E-state index in [1.165, 1.54) is 11.6 Å². The van der Waals surface area contributed by atoms with Gasteiger partial charge in [0.15, 0.2) is 11.6 Å². The zero-order chi connectivity index (χ0) is 20.8. The van der Waals surface area contributed by atoms with E-state index in [4.69, 9.17) is 0 Å². The van der Waals surface area contributed by atoms with E-state index < -0.39 is 17.5 Å². The summed E-state index contributed by atoms with van der Waals surface area (Å²) in [5.41, 5.74) is 2.92. The van der Waals surface area contributed by atoms with Gasteiger partial charge in [-0.1, -0.05) is 17.7 Å². The lowest BCUT2D eigenvalue weighted by Gasteiger charge is -2.11. The minimum absolute atomic E-state index is 0.0558. The average Bonchev–Trinajstić information content (AvgIpc) is 2.68. The average molecular weight is 397 g/mol. The lowest BCUT2D eigenvalue weighted by molar-refractivity contribution is 0.0954. The van der Waals surface area contributed by atoms with Crippen molar-refractivity contribution in [2.45, 2.75) is 13.8 Å². The summed E-state index contributed by atoms with van der Waals surface area (Å²) in [6.45, 7) is 4.50. The van der Waals surface area contributed by atoms with Crippen molar-refractivity contribution in [2.24, 2.45) is 0 Å². The highest BCUT2D eigenvalue weighted by atomic mass is 19.2. The van der Waals surface area contributed by atoms with Crippen molar-refractivity contribution >= 4 is 23.4 Å².